The molecule has 0 aliphatic rings. The Morgan fingerprint density at radius 1 is 0.889 bits per heavy atom. The van der Waals surface area contributed by atoms with E-state index in [1.807, 2.05) is 0 Å². The first kappa shape index (κ1) is 20.2. The number of unbranched alkanes of at least 4 members (excludes halogenated alkanes) is 9. The maximum atomic E-state index is 9.32. The van der Waals surface area contributed by atoms with Gasteiger partial charge in [0.1, 0.15) is 5.33 Å². The molecule has 3 nitrogen and oxygen atoms in total. The highest BCUT2D eigenvalue weighted by atomic mass is 79.9. The summed E-state index contributed by atoms with van der Waals surface area (Å²) in [5, 5.41) is 16.3. The maximum absolute atomic E-state index is 9.32. The highest BCUT2D eigenvalue weighted by Gasteiger charge is 1.91. The van der Waals surface area contributed by atoms with Crippen molar-refractivity contribution in [3.63, 3.8) is 0 Å². The molecule has 2 N–H and O–H groups in total. The summed E-state index contributed by atoms with van der Waals surface area (Å²) < 4.78 is 0. The van der Waals surface area contributed by atoms with E-state index in [4.69, 9.17) is 10.2 Å². The second-order valence-corrected chi connectivity index (χ2v) is 4.99. The van der Waals surface area contributed by atoms with Gasteiger partial charge in [0.25, 0.3) is 0 Å². The number of carboxylic acids is 1. The molecule has 0 aliphatic heterocycles. The van der Waals surface area contributed by atoms with Crippen molar-refractivity contribution in [3.05, 3.63) is 0 Å². The molecule has 0 spiro atoms. The predicted octanol–water partition coefficient (Wildman–Crippen LogP) is 4.37. The molecule has 18 heavy (non-hydrogen) atoms. The number of alkyl halides is 1. The van der Waals surface area contributed by atoms with E-state index in [2.05, 4.69) is 22.9 Å². The van der Waals surface area contributed by atoms with Gasteiger partial charge >= 0.3 is 5.97 Å². The Balaban J connectivity index is 0. The normalized spacial score (nSPS) is 9.72. The lowest BCUT2D eigenvalue weighted by Crippen LogP contribution is -1.92. The Kier molecular flexibility index (Phi) is 21.6. The Labute approximate surface area is 120 Å². The average Bonchev–Trinajstić information content (AvgIpc) is 2.37. The predicted molar refractivity (Wildman–Crippen MR) is 80.4 cm³/mol. The first-order chi connectivity index (χ1) is 8.68. The molecule has 0 fully saturated rings. The number of carboxylic acid groups (broad SMARTS) is 1. The molecule has 0 amide bonds. The molecule has 0 heterocycles. The van der Waals surface area contributed by atoms with Crippen molar-refractivity contribution in [2.45, 2.75) is 71.1 Å². The minimum absolute atomic E-state index is 0.0347. The van der Waals surface area contributed by atoms with Gasteiger partial charge in [0.05, 0.1) is 0 Å². The SMILES string of the molecule is CCCCCCCCCCCCO.O=C(O)CBr. The van der Waals surface area contributed by atoms with E-state index < -0.39 is 5.97 Å². The lowest BCUT2D eigenvalue weighted by Gasteiger charge is -2.00. The fraction of sp³-hybridized carbons (Fsp3) is 0.929. The van der Waals surface area contributed by atoms with Crippen molar-refractivity contribution in [2.75, 3.05) is 11.9 Å². The van der Waals surface area contributed by atoms with Gasteiger partial charge in [-0.2, -0.15) is 0 Å². The summed E-state index contributed by atoms with van der Waals surface area (Å²) in [6, 6.07) is 0. The summed E-state index contributed by atoms with van der Waals surface area (Å²) >= 11 is 2.71. The third-order valence-corrected chi connectivity index (χ3v) is 3.11. The van der Waals surface area contributed by atoms with Gasteiger partial charge < -0.3 is 10.2 Å². The fourth-order valence-electron chi connectivity index (χ4n) is 1.60. The van der Waals surface area contributed by atoms with Gasteiger partial charge in [0.2, 0.25) is 0 Å². The summed E-state index contributed by atoms with van der Waals surface area (Å²) in [4.78, 5) is 9.32. The van der Waals surface area contributed by atoms with Crippen LogP contribution in [-0.2, 0) is 4.79 Å². The second-order valence-electron chi connectivity index (χ2n) is 4.43. The van der Waals surface area contributed by atoms with Gasteiger partial charge in [-0.05, 0) is 6.42 Å². The molecule has 0 saturated carbocycles. The van der Waals surface area contributed by atoms with Crippen LogP contribution in [0.3, 0.4) is 0 Å². The molecular weight excluding hydrogens is 296 g/mol. The Morgan fingerprint density at radius 2 is 1.22 bits per heavy atom. The number of hydrogen-bond acceptors (Lipinski definition) is 2. The standard InChI is InChI=1S/C12H26O.C2H3BrO2/c1-2-3-4-5-6-7-8-9-10-11-12-13;3-1-2(4)5/h13H,2-12H2,1H3;1H2,(H,4,5). The summed E-state index contributed by atoms with van der Waals surface area (Å²) in [5.74, 6) is -0.829. The van der Waals surface area contributed by atoms with Crippen LogP contribution >= 0.6 is 15.9 Å². The molecular formula is C14H29BrO3. The van der Waals surface area contributed by atoms with Gasteiger partial charge in [-0.25, -0.2) is 0 Å². The zero-order valence-corrected chi connectivity index (χ0v) is 13.3. The van der Waals surface area contributed by atoms with E-state index in [9.17, 15) is 4.79 Å². The fourth-order valence-corrected chi connectivity index (χ4v) is 1.60. The molecule has 0 aromatic heterocycles. The van der Waals surface area contributed by atoms with E-state index in [1.54, 1.807) is 0 Å². The Hall–Kier alpha value is -0.0900. The van der Waals surface area contributed by atoms with Crippen molar-refractivity contribution in [3.8, 4) is 0 Å². The van der Waals surface area contributed by atoms with Crippen LogP contribution in [0, 0.1) is 0 Å². The van der Waals surface area contributed by atoms with E-state index in [-0.39, 0.29) is 5.33 Å². The van der Waals surface area contributed by atoms with Crippen molar-refractivity contribution >= 4 is 21.9 Å². The van der Waals surface area contributed by atoms with E-state index in [0.29, 0.717) is 6.61 Å². The van der Waals surface area contributed by atoms with Crippen molar-refractivity contribution in [1.29, 1.82) is 0 Å². The van der Waals surface area contributed by atoms with Crippen LogP contribution in [0.5, 0.6) is 0 Å². The van der Waals surface area contributed by atoms with Crippen molar-refractivity contribution in [2.24, 2.45) is 0 Å². The second kappa shape index (κ2) is 19.3. The lowest BCUT2D eigenvalue weighted by atomic mass is 10.1. The summed E-state index contributed by atoms with van der Waals surface area (Å²) in [5.41, 5.74) is 0. The maximum Gasteiger partial charge on any atom is 0.314 e. The Morgan fingerprint density at radius 3 is 1.50 bits per heavy atom. The van der Waals surface area contributed by atoms with Crippen LogP contribution in [-0.4, -0.2) is 28.1 Å². The molecule has 0 aliphatic carbocycles. The minimum Gasteiger partial charge on any atom is -0.481 e. The molecule has 110 valence electrons. The number of halogens is 1. The van der Waals surface area contributed by atoms with E-state index in [1.165, 1.54) is 57.8 Å². The van der Waals surface area contributed by atoms with Crippen LogP contribution < -0.4 is 0 Å². The topological polar surface area (TPSA) is 57.5 Å². The van der Waals surface area contributed by atoms with E-state index in [0.717, 1.165) is 6.42 Å². The molecule has 0 radical (unpaired) electrons. The summed E-state index contributed by atoms with van der Waals surface area (Å²) in [7, 11) is 0. The lowest BCUT2D eigenvalue weighted by molar-refractivity contribution is -0.133. The molecule has 0 saturated heterocycles. The zero-order chi connectivity index (χ0) is 14.1. The first-order valence-corrected chi connectivity index (χ1v) is 8.19. The molecule has 0 unspecified atom stereocenters. The van der Waals surface area contributed by atoms with Gasteiger partial charge in [0, 0.05) is 6.61 Å². The first-order valence-electron chi connectivity index (χ1n) is 7.07. The average molecular weight is 325 g/mol. The van der Waals surface area contributed by atoms with Crippen LogP contribution in [0.4, 0.5) is 0 Å². The number of aliphatic hydroxyl groups excluding tert-OH is 1. The number of aliphatic hydroxyl groups is 1. The summed E-state index contributed by atoms with van der Waals surface area (Å²) in [6.07, 6.45) is 13.3. The van der Waals surface area contributed by atoms with Crippen LogP contribution in [0.1, 0.15) is 71.1 Å². The smallest absolute Gasteiger partial charge is 0.314 e. The van der Waals surface area contributed by atoms with Crippen molar-refractivity contribution < 1.29 is 15.0 Å². The summed E-state index contributed by atoms with van der Waals surface area (Å²) in [6.45, 7) is 2.63. The Bertz CT molecular complexity index is 153. The number of carbonyl (C=O) groups is 1. The monoisotopic (exact) mass is 324 g/mol. The highest BCUT2D eigenvalue weighted by Crippen LogP contribution is 2.09. The third kappa shape index (κ3) is 24.9. The largest absolute Gasteiger partial charge is 0.481 e. The molecule has 0 rings (SSSR count). The number of rotatable bonds is 11. The quantitative estimate of drug-likeness (QED) is 0.438. The van der Waals surface area contributed by atoms with Gasteiger partial charge in [-0.1, -0.05) is 80.6 Å². The van der Waals surface area contributed by atoms with Crippen LogP contribution in [0.15, 0.2) is 0 Å². The van der Waals surface area contributed by atoms with Gasteiger partial charge in [-0.3, -0.25) is 4.79 Å². The van der Waals surface area contributed by atoms with Crippen LogP contribution in [0.25, 0.3) is 0 Å². The number of hydrogen-bond donors (Lipinski definition) is 2. The molecule has 0 atom stereocenters. The van der Waals surface area contributed by atoms with Crippen molar-refractivity contribution in [1.82, 2.24) is 0 Å². The van der Waals surface area contributed by atoms with Gasteiger partial charge in [0.15, 0.2) is 0 Å². The van der Waals surface area contributed by atoms with Crippen LogP contribution in [0.2, 0.25) is 0 Å². The minimum atomic E-state index is -0.829. The molecule has 0 aromatic carbocycles. The van der Waals surface area contributed by atoms with E-state index >= 15 is 0 Å². The molecule has 0 aromatic rings. The van der Waals surface area contributed by atoms with Gasteiger partial charge in [-0.15, -0.1) is 0 Å². The molecule has 0 bridgehead atoms. The number of aliphatic carboxylic acids is 1. The third-order valence-electron chi connectivity index (χ3n) is 2.63. The molecule has 4 heteroatoms. The zero-order valence-electron chi connectivity index (χ0n) is 11.7. The highest BCUT2D eigenvalue weighted by molar-refractivity contribution is 9.09.